The van der Waals surface area contributed by atoms with Crippen LogP contribution in [0.2, 0.25) is 0 Å². The van der Waals surface area contributed by atoms with E-state index in [1.807, 2.05) is 12.1 Å². The Kier molecular flexibility index (Phi) is 10.3. The van der Waals surface area contributed by atoms with Crippen molar-refractivity contribution < 1.29 is 8.83 Å². The summed E-state index contributed by atoms with van der Waals surface area (Å²) in [5.41, 5.74) is 24.1. The van der Waals surface area contributed by atoms with E-state index in [0.717, 1.165) is 100 Å². The van der Waals surface area contributed by atoms with Gasteiger partial charge in [-0.25, -0.2) is 0 Å². The molecule has 0 aliphatic heterocycles. The van der Waals surface area contributed by atoms with E-state index < -0.39 is 5.41 Å². The molecule has 4 heteroatoms. The molecule has 2 aliphatic carbocycles. The zero-order valence-corrected chi connectivity index (χ0v) is 46.1. The number of furan rings is 2. The Balaban J connectivity index is 0.774. The van der Waals surface area contributed by atoms with Gasteiger partial charge in [-0.15, -0.1) is 0 Å². The Hall–Kier alpha value is -11.2. The molecule has 0 N–H and O–H groups in total. The molecule has 85 heavy (non-hydrogen) atoms. The van der Waals surface area contributed by atoms with Crippen molar-refractivity contribution in [2.75, 3.05) is 9.80 Å². The molecule has 4 nitrogen and oxygen atoms in total. The lowest BCUT2D eigenvalue weighted by molar-refractivity contribution is 0.668. The van der Waals surface area contributed by atoms with Crippen LogP contribution in [0.4, 0.5) is 34.1 Å². The summed E-state index contributed by atoms with van der Waals surface area (Å²) in [6, 6.07) is 111. The van der Waals surface area contributed by atoms with Crippen molar-refractivity contribution in [1.82, 2.24) is 0 Å². The van der Waals surface area contributed by atoms with E-state index in [1.165, 1.54) is 66.1 Å². The molecule has 0 atom stereocenters. The summed E-state index contributed by atoms with van der Waals surface area (Å²) >= 11 is 0. The SMILES string of the molecule is c1ccc(N(c2cccc(-c3ccc4cc5c(cc4c3)C3(c4ccccc4-c4ccccc43)c3cc4cc(-c6cccc(N(c7ccccc7)c7cccc8c7oc7ccccc78)c6)ccc4cc3-5)c2)c2cccc3c2oc2ccccc23)cc1. The van der Waals surface area contributed by atoms with Crippen molar-refractivity contribution in [1.29, 1.82) is 0 Å². The number of benzene rings is 14. The number of para-hydroxylation sites is 6. The summed E-state index contributed by atoms with van der Waals surface area (Å²) in [7, 11) is 0. The van der Waals surface area contributed by atoms with E-state index in [0.29, 0.717) is 0 Å². The molecule has 14 aromatic carbocycles. The van der Waals surface area contributed by atoms with Crippen LogP contribution in [0.25, 0.3) is 110 Å². The molecular formula is C81H50N2O2. The number of hydrogen-bond acceptors (Lipinski definition) is 4. The maximum absolute atomic E-state index is 6.67. The molecule has 0 amide bonds. The van der Waals surface area contributed by atoms with E-state index in [-0.39, 0.29) is 0 Å². The van der Waals surface area contributed by atoms with Crippen molar-refractivity contribution in [3.63, 3.8) is 0 Å². The van der Waals surface area contributed by atoms with Gasteiger partial charge in [-0.2, -0.15) is 0 Å². The molecule has 396 valence electrons. The first-order chi connectivity index (χ1) is 42.1. The first-order valence-electron chi connectivity index (χ1n) is 29.2. The third-order valence-corrected chi connectivity index (χ3v) is 18.2. The Morgan fingerprint density at radius 1 is 0.235 bits per heavy atom. The van der Waals surface area contributed by atoms with Gasteiger partial charge in [0, 0.05) is 44.3 Å². The summed E-state index contributed by atoms with van der Waals surface area (Å²) in [5.74, 6) is 0. The highest BCUT2D eigenvalue weighted by atomic mass is 16.3. The highest BCUT2D eigenvalue weighted by Gasteiger charge is 2.52. The highest BCUT2D eigenvalue weighted by molar-refractivity contribution is 6.12. The van der Waals surface area contributed by atoms with E-state index in [4.69, 9.17) is 8.83 Å². The second kappa shape index (κ2) is 18.4. The molecule has 0 unspecified atom stereocenters. The van der Waals surface area contributed by atoms with Gasteiger partial charge >= 0.3 is 0 Å². The molecule has 2 aliphatic rings. The lowest BCUT2D eigenvalue weighted by Gasteiger charge is -2.31. The normalized spacial score (nSPS) is 12.8. The van der Waals surface area contributed by atoms with Gasteiger partial charge in [-0.05, 0) is 198 Å². The number of hydrogen-bond donors (Lipinski definition) is 0. The average Bonchev–Trinajstić information content (AvgIpc) is 1.54. The largest absolute Gasteiger partial charge is 0.454 e. The third kappa shape index (κ3) is 7.09. The minimum absolute atomic E-state index is 0.548. The van der Waals surface area contributed by atoms with Crippen LogP contribution in [-0.2, 0) is 5.41 Å². The highest BCUT2D eigenvalue weighted by Crippen LogP contribution is 2.64. The molecule has 0 radical (unpaired) electrons. The Morgan fingerprint density at radius 2 is 0.624 bits per heavy atom. The number of rotatable bonds is 8. The van der Waals surface area contributed by atoms with Crippen LogP contribution >= 0.6 is 0 Å². The molecule has 18 rings (SSSR count). The fourth-order valence-corrected chi connectivity index (χ4v) is 14.5. The fourth-order valence-electron chi connectivity index (χ4n) is 14.5. The molecule has 16 aromatic rings. The molecule has 0 fully saturated rings. The van der Waals surface area contributed by atoms with Crippen LogP contribution in [0, 0.1) is 0 Å². The van der Waals surface area contributed by atoms with Gasteiger partial charge in [0.15, 0.2) is 11.2 Å². The minimum atomic E-state index is -0.548. The lowest BCUT2D eigenvalue weighted by Crippen LogP contribution is -2.25. The summed E-state index contributed by atoms with van der Waals surface area (Å²) in [5, 5.41) is 9.24. The van der Waals surface area contributed by atoms with Gasteiger partial charge in [0.05, 0.1) is 16.8 Å². The maximum atomic E-state index is 6.67. The first kappa shape index (κ1) is 47.4. The lowest BCUT2D eigenvalue weighted by atomic mass is 9.70. The van der Waals surface area contributed by atoms with Crippen molar-refractivity contribution in [2.45, 2.75) is 5.41 Å². The topological polar surface area (TPSA) is 32.8 Å². The molecule has 0 saturated carbocycles. The number of fused-ring (bicyclic) bond motifs is 18. The minimum Gasteiger partial charge on any atom is -0.454 e. The van der Waals surface area contributed by atoms with E-state index in [9.17, 15) is 0 Å². The van der Waals surface area contributed by atoms with Gasteiger partial charge in [-0.1, -0.05) is 194 Å². The van der Waals surface area contributed by atoms with Gasteiger partial charge in [0.1, 0.15) is 11.2 Å². The molecule has 0 bridgehead atoms. The van der Waals surface area contributed by atoms with Crippen molar-refractivity contribution >= 4 is 99.5 Å². The Labute approximate surface area is 490 Å². The van der Waals surface area contributed by atoms with Gasteiger partial charge in [-0.3, -0.25) is 0 Å². The summed E-state index contributed by atoms with van der Waals surface area (Å²) < 4.78 is 13.3. The smallest absolute Gasteiger partial charge is 0.159 e. The number of anilines is 6. The van der Waals surface area contributed by atoms with Crippen molar-refractivity contribution in [2.24, 2.45) is 0 Å². The Bertz CT molecular complexity index is 5060. The second-order valence-electron chi connectivity index (χ2n) is 22.7. The maximum Gasteiger partial charge on any atom is 0.159 e. The standard InChI is InChI=1S/C81H50N2O2/c1-3-21-59(22-4-1)82(75-35-17-31-67-65-29-9-13-37-77(65)84-79(67)75)61-25-15-19-51(45-61)53-39-41-55-47-69-70-48-56-42-40-54(44-58(56)50-74(70)81(73(69)49-57(55)43-53)71-33-11-7-27-63(71)64-28-8-12-34-72(64)81)52-20-16-26-62(46-52)83(60-23-5-2-6-24-60)76-36-18-32-68-66-30-10-14-38-78(66)85-80(68)76/h1-50H. The van der Waals surface area contributed by atoms with Crippen LogP contribution in [0.3, 0.4) is 0 Å². The molecule has 2 heterocycles. The van der Waals surface area contributed by atoms with E-state index >= 15 is 0 Å². The average molecular weight is 1080 g/mol. The van der Waals surface area contributed by atoms with Crippen LogP contribution in [0.5, 0.6) is 0 Å². The summed E-state index contributed by atoms with van der Waals surface area (Å²) in [4.78, 5) is 4.65. The van der Waals surface area contributed by atoms with Gasteiger partial charge < -0.3 is 18.6 Å². The summed E-state index contributed by atoms with van der Waals surface area (Å²) in [6.07, 6.45) is 0. The molecule has 1 spiro atoms. The van der Waals surface area contributed by atoms with Crippen molar-refractivity contribution in [3.8, 4) is 44.5 Å². The molecule has 2 aromatic heterocycles. The van der Waals surface area contributed by atoms with Crippen LogP contribution in [-0.4, -0.2) is 0 Å². The predicted molar refractivity (Wildman–Crippen MR) is 353 cm³/mol. The molecule has 0 saturated heterocycles. The number of nitrogens with zero attached hydrogens (tertiary/aromatic N) is 2. The predicted octanol–water partition coefficient (Wildman–Crippen LogP) is 22.4. The third-order valence-electron chi connectivity index (χ3n) is 18.2. The second-order valence-corrected chi connectivity index (χ2v) is 22.7. The van der Waals surface area contributed by atoms with Gasteiger partial charge in [0.25, 0.3) is 0 Å². The van der Waals surface area contributed by atoms with E-state index in [1.54, 1.807) is 0 Å². The fraction of sp³-hybridized carbons (Fsp3) is 0.0123. The zero-order valence-electron chi connectivity index (χ0n) is 46.1. The molecular weight excluding hydrogens is 1030 g/mol. The summed E-state index contributed by atoms with van der Waals surface area (Å²) in [6.45, 7) is 0. The van der Waals surface area contributed by atoms with Gasteiger partial charge in [0.2, 0.25) is 0 Å². The van der Waals surface area contributed by atoms with Crippen LogP contribution < -0.4 is 9.80 Å². The quantitative estimate of drug-likeness (QED) is 0.152. The monoisotopic (exact) mass is 1080 g/mol. The Morgan fingerprint density at radius 3 is 1.11 bits per heavy atom. The van der Waals surface area contributed by atoms with E-state index in [2.05, 4.69) is 301 Å². The zero-order chi connectivity index (χ0) is 55.7. The van der Waals surface area contributed by atoms with Crippen molar-refractivity contribution in [3.05, 3.63) is 326 Å². The first-order valence-corrected chi connectivity index (χ1v) is 29.2. The van der Waals surface area contributed by atoms with Crippen LogP contribution in [0.1, 0.15) is 22.3 Å². The van der Waals surface area contributed by atoms with Crippen LogP contribution in [0.15, 0.2) is 312 Å².